The number of thioether (sulfide) groups is 1. The van der Waals surface area contributed by atoms with Crippen LogP contribution in [0.4, 0.5) is 0 Å². The number of fused-ring (bicyclic) bond motifs is 1. The molecule has 0 saturated heterocycles. The van der Waals surface area contributed by atoms with Crippen molar-refractivity contribution in [2.45, 2.75) is 29.1 Å². The molecule has 0 atom stereocenters. The van der Waals surface area contributed by atoms with Gasteiger partial charge in [-0.1, -0.05) is 37.0 Å². The molecule has 8 heteroatoms. The lowest BCUT2D eigenvalue weighted by molar-refractivity contribution is 0.594. The van der Waals surface area contributed by atoms with E-state index in [1.807, 2.05) is 13.8 Å². The summed E-state index contributed by atoms with van der Waals surface area (Å²) in [6.07, 6.45) is 1.12. The molecule has 108 valence electrons. The van der Waals surface area contributed by atoms with Crippen molar-refractivity contribution < 1.29 is 8.42 Å². The topological polar surface area (TPSA) is 59.9 Å². The molecule has 0 saturated carbocycles. The number of sulfone groups is 1. The normalized spacial score (nSPS) is 12.3. The van der Waals surface area contributed by atoms with E-state index in [1.54, 1.807) is 6.07 Å². The monoisotopic (exact) mass is 350 g/mol. The standard InChI is InChI=1S/C12H12Cl2N2O2S2/c1-6(2)19-11-12(20(3,17)18)16-10-5-8(14)7(13)4-9(10)15-11/h4-6H,1-3H3. The lowest BCUT2D eigenvalue weighted by Gasteiger charge is -2.10. The molecule has 1 aromatic heterocycles. The Morgan fingerprint density at radius 2 is 1.60 bits per heavy atom. The van der Waals surface area contributed by atoms with Gasteiger partial charge in [-0.25, -0.2) is 18.4 Å². The maximum absolute atomic E-state index is 11.9. The van der Waals surface area contributed by atoms with Crippen LogP contribution < -0.4 is 0 Å². The summed E-state index contributed by atoms with van der Waals surface area (Å²) in [6, 6.07) is 3.10. The minimum Gasteiger partial charge on any atom is -0.237 e. The van der Waals surface area contributed by atoms with Crippen molar-refractivity contribution in [2.24, 2.45) is 0 Å². The molecule has 1 heterocycles. The van der Waals surface area contributed by atoms with Gasteiger partial charge < -0.3 is 0 Å². The van der Waals surface area contributed by atoms with Gasteiger partial charge in [0.05, 0.1) is 21.1 Å². The average Bonchev–Trinajstić information content (AvgIpc) is 2.28. The minimum absolute atomic E-state index is 0.0258. The van der Waals surface area contributed by atoms with Crippen LogP contribution in [0.3, 0.4) is 0 Å². The van der Waals surface area contributed by atoms with Gasteiger partial charge in [0.2, 0.25) is 0 Å². The first-order chi connectivity index (χ1) is 9.18. The summed E-state index contributed by atoms with van der Waals surface area (Å²) in [5.41, 5.74) is 0.933. The summed E-state index contributed by atoms with van der Waals surface area (Å²) in [5, 5.41) is 1.22. The smallest absolute Gasteiger partial charge is 0.195 e. The molecule has 4 nitrogen and oxygen atoms in total. The molecule has 0 N–H and O–H groups in total. The summed E-state index contributed by atoms with van der Waals surface area (Å²) in [6.45, 7) is 3.91. The zero-order valence-corrected chi connectivity index (χ0v) is 14.2. The Bertz CT molecular complexity index is 777. The van der Waals surface area contributed by atoms with Gasteiger partial charge in [0.1, 0.15) is 5.03 Å². The third kappa shape index (κ3) is 3.36. The van der Waals surface area contributed by atoms with Gasteiger partial charge in [0.25, 0.3) is 0 Å². The Balaban J connectivity index is 2.78. The van der Waals surface area contributed by atoms with E-state index in [0.717, 1.165) is 6.26 Å². The minimum atomic E-state index is -3.46. The van der Waals surface area contributed by atoms with Crippen LogP contribution in [0, 0.1) is 0 Å². The number of halogens is 2. The molecule has 0 aliphatic carbocycles. The maximum Gasteiger partial charge on any atom is 0.195 e. The van der Waals surface area contributed by atoms with Crippen LogP contribution >= 0.6 is 35.0 Å². The van der Waals surface area contributed by atoms with E-state index >= 15 is 0 Å². The van der Waals surface area contributed by atoms with Crippen molar-refractivity contribution in [3.63, 3.8) is 0 Å². The van der Waals surface area contributed by atoms with E-state index in [2.05, 4.69) is 9.97 Å². The molecule has 0 unspecified atom stereocenters. The van der Waals surface area contributed by atoms with E-state index < -0.39 is 9.84 Å². The molecular weight excluding hydrogens is 339 g/mol. The molecule has 2 aromatic rings. The molecular formula is C12H12Cl2N2O2S2. The third-order valence-electron chi connectivity index (χ3n) is 2.34. The van der Waals surface area contributed by atoms with E-state index in [1.165, 1.54) is 17.8 Å². The SMILES string of the molecule is CC(C)Sc1nc2cc(Cl)c(Cl)cc2nc1S(C)(=O)=O. The molecule has 0 spiro atoms. The van der Waals surface area contributed by atoms with Crippen LogP contribution in [-0.4, -0.2) is 29.9 Å². The zero-order chi connectivity index (χ0) is 15.1. The highest BCUT2D eigenvalue weighted by Gasteiger charge is 2.20. The Hall–Kier alpha value is -0.560. The second-order valence-electron chi connectivity index (χ2n) is 4.53. The number of benzene rings is 1. The van der Waals surface area contributed by atoms with E-state index in [9.17, 15) is 8.42 Å². The van der Waals surface area contributed by atoms with Crippen molar-refractivity contribution >= 4 is 55.8 Å². The summed E-state index contributed by atoms with van der Waals surface area (Å²) < 4.78 is 23.7. The Kier molecular flexibility index (Phi) is 4.49. The Morgan fingerprint density at radius 3 is 2.05 bits per heavy atom. The van der Waals surface area contributed by atoms with Crippen molar-refractivity contribution in [1.29, 1.82) is 0 Å². The number of aromatic nitrogens is 2. The highest BCUT2D eigenvalue weighted by atomic mass is 35.5. The molecule has 0 fully saturated rings. The first-order valence-corrected chi connectivity index (χ1v) is 9.24. The van der Waals surface area contributed by atoms with Crippen LogP contribution in [-0.2, 0) is 9.84 Å². The van der Waals surface area contributed by atoms with E-state index in [-0.39, 0.29) is 10.3 Å². The molecule has 2 rings (SSSR count). The third-order valence-corrected chi connectivity index (χ3v) is 5.16. The zero-order valence-electron chi connectivity index (χ0n) is 11.0. The first-order valence-electron chi connectivity index (χ1n) is 5.72. The summed E-state index contributed by atoms with van der Waals surface area (Å²) in [4.78, 5) is 8.55. The fourth-order valence-corrected chi connectivity index (χ4v) is 3.85. The second-order valence-corrected chi connectivity index (χ2v) is 8.84. The summed E-state index contributed by atoms with van der Waals surface area (Å²) in [5.74, 6) is 0. The highest BCUT2D eigenvalue weighted by molar-refractivity contribution is 8.00. The molecule has 1 aromatic carbocycles. The van der Waals surface area contributed by atoms with Crippen LogP contribution in [0.1, 0.15) is 13.8 Å². The second kappa shape index (κ2) is 5.67. The molecule has 0 radical (unpaired) electrons. The van der Waals surface area contributed by atoms with Gasteiger partial charge in [-0.2, -0.15) is 0 Å². The fourth-order valence-electron chi connectivity index (χ4n) is 1.56. The van der Waals surface area contributed by atoms with Crippen molar-refractivity contribution in [3.8, 4) is 0 Å². The highest BCUT2D eigenvalue weighted by Crippen LogP contribution is 2.31. The quantitative estimate of drug-likeness (QED) is 0.787. The number of rotatable bonds is 3. The van der Waals surface area contributed by atoms with Crippen LogP contribution in [0.2, 0.25) is 10.0 Å². The molecule has 0 aliphatic heterocycles. The van der Waals surface area contributed by atoms with Gasteiger partial charge in [-0.3, -0.25) is 0 Å². The number of nitrogens with zero attached hydrogens (tertiary/aromatic N) is 2. The largest absolute Gasteiger partial charge is 0.237 e. The van der Waals surface area contributed by atoms with Gasteiger partial charge in [0.15, 0.2) is 14.9 Å². The van der Waals surface area contributed by atoms with E-state index in [0.29, 0.717) is 26.1 Å². The van der Waals surface area contributed by atoms with Gasteiger partial charge in [0, 0.05) is 11.5 Å². The Morgan fingerprint density at radius 1 is 1.10 bits per heavy atom. The molecule has 0 bridgehead atoms. The van der Waals surface area contributed by atoms with Crippen LogP contribution in [0.5, 0.6) is 0 Å². The summed E-state index contributed by atoms with van der Waals surface area (Å²) in [7, 11) is -3.46. The molecule has 20 heavy (non-hydrogen) atoms. The van der Waals surface area contributed by atoms with Gasteiger partial charge in [-0.15, -0.1) is 11.8 Å². The molecule has 0 amide bonds. The number of hydrogen-bond donors (Lipinski definition) is 0. The average molecular weight is 351 g/mol. The van der Waals surface area contributed by atoms with Crippen molar-refractivity contribution in [3.05, 3.63) is 22.2 Å². The summed E-state index contributed by atoms with van der Waals surface area (Å²) >= 11 is 13.2. The maximum atomic E-state index is 11.9. The first kappa shape index (κ1) is 15.8. The van der Waals surface area contributed by atoms with Gasteiger partial charge in [-0.05, 0) is 12.1 Å². The lowest BCUT2D eigenvalue weighted by Crippen LogP contribution is -2.06. The fraction of sp³-hybridized carbons (Fsp3) is 0.333. The van der Waals surface area contributed by atoms with Crippen molar-refractivity contribution in [1.82, 2.24) is 9.97 Å². The van der Waals surface area contributed by atoms with Gasteiger partial charge >= 0.3 is 0 Å². The predicted octanol–water partition coefficient (Wildman–Crippen LogP) is 3.84. The predicted molar refractivity (Wildman–Crippen MR) is 83.7 cm³/mol. The lowest BCUT2D eigenvalue weighted by atomic mass is 10.3. The van der Waals surface area contributed by atoms with Crippen LogP contribution in [0.15, 0.2) is 22.2 Å². The van der Waals surface area contributed by atoms with Crippen LogP contribution in [0.25, 0.3) is 11.0 Å². The van der Waals surface area contributed by atoms with Crippen molar-refractivity contribution in [2.75, 3.05) is 6.26 Å². The number of hydrogen-bond acceptors (Lipinski definition) is 5. The van der Waals surface area contributed by atoms with E-state index in [4.69, 9.17) is 23.2 Å². The Labute approximate surface area is 131 Å². The molecule has 0 aliphatic rings.